The van der Waals surface area contributed by atoms with E-state index in [1.807, 2.05) is 23.6 Å². The van der Waals surface area contributed by atoms with Crippen LogP contribution in [0.1, 0.15) is 15.2 Å². The van der Waals surface area contributed by atoms with Crippen molar-refractivity contribution in [2.45, 2.75) is 6.54 Å². The summed E-state index contributed by atoms with van der Waals surface area (Å²) in [5, 5.41) is 5.48. The first kappa shape index (κ1) is 14.3. The minimum atomic E-state index is -0.216. The molecule has 112 valence electrons. The summed E-state index contributed by atoms with van der Waals surface area (Å²) in [5.74, 6) is 0.506. The number of carbonyl (C=O) groups excluding carboxylic acids is 1. The fourth-order valence-corrected chi connectivity index (χ4v) is 2.79. The molecule has 1 amide bonds. The van der Waals surface area contributed by atoms with Crippen LogP contribution in [0.3, 0.4) is 0 Å². The number of methoxy groups -OCH3 is 1. The molecule has 6 heteroatoms. The highest BCUT2D eigenvalue weighted by Gasteiger charge is 2.08. The summed E-state index contributed by atoms with van der Waals surface area (Å²) in [4.78, 5) is 27.4. The number of thiophene rings is 1. The number of nitrogens with one attached hydrogen (secondary N) is 2. The molecule has 0 saturated heterocycles. The van der Waals surface area contributed by atoms with Crippen LogP contribution in [0.25, 0.3) is 10.9 Å². The molecule has 0 aliphatic rings. The Balaban J connectivity index is 1.83. The van der Waals surface area contributed by atoms with E-state index in [2.05, 4.69) is 10.3 Å². The van der Waals surface area contributed by atoms with Gasteiger partial charge in [0.1, 0.15) is 5.75 Å². The van der Waals surface area contributed by atoms with Gasteiger partial charge in [0.2, 0.25) is 0 Å². The highest BCUT2D eigenvalue weighted by molar-refractivity contribution is 7.12. The van der Waals surface area contributed by atoms with Crippen LogP contribution in [0.4, 0.5) is 0 Å². The fraction of sp³-hybridized carbons (Fsp3) is 0.125. The zero-order valence-corrected chi connectivity index (χ0v) is 12.7. The van der Waals surface area contributed by atoms with Gasteiger partial charge in [0, 0.05) is 18.2 Å². The van der Waals surface area contributed by atoms with Crippen LogP contribution in [-0.2, 0) is 6.54 Å². The van der Waals surface area contributed by atoms with Crippen molar-refractivity contribution in [3.63, 3.8) is 0 Å². The number of rotatable bonds is 4. The number of amides is 1. The largest absolute Gasteiger partial charge is 0.497 e. The first-order valence-corrected chi connectivity index (χ1v) is 7.57. The maximum atomic E-state index is 12.1. The molecule has 0 atom stereocenters. The molecule has 2 heterocycles. The second kappa shape index (κ2) is 6.03. The third-order valence-electron chi connectivity index (χ3n) is 3.31. The number of carbonyl (C=O) groups is 1. The van der Waals surface area contributed by atoms with Crippen molar-refractivity contribution >= 4 is 28.1 Å². The van der Waals surface area contributed by atoms with Crippen molar-refractivity contribution in [1.82, 2.24) is 10.3 Å². The van der Waals surface area contributed by atoms with Crippen LogP contribution < -0.4 is 15.6 Å². The first-order valence-electron chi connectivity index (χ1n) is 6.69. The van der Waals surface area contributed by atoms with E-state index in [0.717, 1.165) is 5.39 Å². The Morgan fingerprint density at radius 3 is 2.91 bits per heavy atom. The van der Waals surface area contributed by atoms with E-state index in [1.54, 1.807) is 25.3 Å². The van der Waals surface area contributed by atoms with Crippen LogP contribution in [-0.4, -0.2) is 18.0 Å². The lowest BCUT2D eigenvalue weighted by Gasteiger charge is -2.06. The molecule has 2 aromatic heterocycles. The zero-order valence-electron chi connectivity index (χ0n) is 11.9. The van der Waals surface area contributed by atoms with E-state index in [9.17, 15) is 9.59 Å². The average molecular weight is 314 g/mol. The van der Waals surface area contributed by atoms with E-state index in [1.165, 1.54) is 11.3 Å². The first-order chi connectivity index (χ1) is 10.7. The van der Waals surface area contributed by atoms with Gasteiger partial charge in [-0.15, -0.1) is 11.3 Å². The molecule has 3 rings (SSSR count). The molecule has 0 aliphatic carbocycles. The van der Waals surface area contributed by atoms with Gasteiger partial charge in [0.15, 0.2) is 0 Å². The van der Waals surface area contributed by atoms with E-state index < -0.39 is 0 Å². The normalized spacial score (nSPS) is 10.6. The summed E-state index contributed by atoms with van der Waals surface area (Å²) in [6.45, 7) is 0.189. The van der Waals surface area contributed by atoms with Gasteiger partial charge in [-0.3, -0.25) is 9.59 Å². The lowest BCUT2D eigenvalue weighted by atomic mass is 10.1. The highest BCUT2D eigenvalue weighted by atomic mass is 32.1. The van der Waals surface area contributed by atoms with E-state index in [0.29, 0.717) is 21.7 Å². The molecule has 5 nitrogen and oxygen atoms in total. The molecule has 0 spiro atoms. The third kappa shape index (κ3) is 2.87. The maximum absolute atomic E-state index is 12.1. The molecule has 0 saturated carbocycles. The smallest absolute Gasteiger partial charge is 0.261 e. The number of benzene rings is 1. The Hall–Kier alpha value is -2.60. The second-order valence-corrected chi connectivity index (χ2v) is 5.68. The molecular formula is C16H14N2O3S. The minimum absolute atomic E-state index is 0.177. The zero-order chi connectivity index (χ0) is 15.5. The lowest BCUT2D eigenvalue weighted by molar-refractivity contribution is 0.0955. The van der Waals surface area contributed by atoms with Crippen LogP contribution >= 0.6 is 11.3 Å². The monoisotopic (exact) mass is 314 g/mol. The van der Waals surface area contributed by atoms with Crippen molar-refractivity contribution in [2.75, 3.05) is 7.11 Å². The summed E-state index contributed by atoms with van der Waals surface area (Å²) in [5.41, 5.74) is 1.01. The molecule has 2 N–H and O–H groups in total. The molecule has 1 aromatic carbocycles. The summed E-state index contributed by atoms with van der Waals surface area (Å²) >= 11 is 1.37. The topological polar surface area (TPSA) is 71.2 Å². The molecule has 0 fully saturated rings. The number of H-pyrrole nitrogens is 1. The van der Waals surface area contributed by atoms with Crippen molar-refractivity contribution in [3.8, 4) is 5.75 Å². The molecular weight excluding hydrogens is 300 g/mol. The van der Waals surface area contributed by atoms with Crippen LogP contribution in [0.5, 0.6) is 5.75 Å². The Bertz CT molecular complexity index is 869. The van der Waals surface area contributed by atoms with Gasteiger partial charge < -0.3 is 15.0 Å². The molecule has 0 radical (unpaired) electrons. The predicted molar refractivity (Wildman–Crippen MR) is 86.6 cm³/mol. The highest BCUT2D eigenvalue weighted by Crippen LogP contribution is 2.18. The molecule has 22 heavy (non-hydrogen) atoms. The number of ether oxygens (including phenoxy) is 1. The van der Waals surface area contributed by atoms with Crippen LogP contribution in [0.2, 0.25) is 0 Å². The standard InChI is InChI=1S/C16H14N2O3S/c1-21-12-5-4-10-7-11(15(19)18-13(10)8-12)9-17-16(20)14-3-2-6-22-14/h2-8H,9H2,1H3,(H,17,20)(H,18,19). The van der Waals surface area contributed by atoms with Gasteiger partial charge in [-0.05, 0) is 35.0 Å². The van der Waals surface area contributed by atoms with Gasteiger partial charge in [-0.1, -0.05) is 6.07 Å². The summed E-state index contributed by atoms with van der Waals surface area (Å²) in [7, 11) is 1.58. The number of aromatic nitrogens is 1. The number of aromatic amines is 1. The van der Waals surface area contributed by atoms with Gasteiger partial charge in [-0.2, -0.15) is 0 Å². The number of fused-ring (bicyclic) bond motifs is 1. The van der Waals surface area contributed by atoms with Gasteiger partial charge in [0.05, 0.1) is 17.5 Å². The van der Waals surface area contributed by atoms with Crippen molar-refractivity contribution in [2.24, 2.45) is 0 Å². The molecule has 0 unspecified atom stereocenters. The van der Waals surface area contributed by atoms with Crippen molar-refractivity contribution < 1.29 is 9.53 Å². The summed E-state index contributed by atoms with van der Waals surface area (Å²) in [6.07, 6.45) is 0. The molecule has 0 bridgehead atoms. The molecule has 0 aliphatic heterocycles. The molecule has 3 aromatic rings. The number of hydrogen-bond donors (Lipinski definition) is 2. The average Bonchev–Trinajstić information content (AvgIpc) is 3.06. The second-order valence-electron chi connectivity index (χ2n) is 4.74. The maximum Gasteiger partial charge on any atom is 0.261 e. The van der Waals surface area contributed by atoms with Crippen LogP contribution in [0, 0.1) is 0 Å². The quantitative estimate of drug-likeness (QED) is 0.777. The van der Waals surface area contributed by atoms with Gasteiger partial charge >= 0.3 is 0 Å². The fourth-order valence-electron chi connectivity index (χ4n) is 2.15. The number of hydrogen-bond acceptors (Lipinski definition) is 4. The van der Waals surface area contributed by atoms with Crippen LogP contribution in [0.15, 0.2) is 46.6 Å². The Morgan fingerprint density at radius 2 is 2.18 bits per heavy atom. The summed E-state index contributed by atoms with van der Waals surface area (Å²) < 4.78 is 5.13. The summed E-state index contributed by atoms with van der Waals surface area (Å²) in [6, 6.07) is 10.8. The SMILES string of the molecule is COc1ccc2cc(CNC(=O)c3cccs3)c(=O)[nH]c2c1. The third-order valence-corrected chi connectivity index (χ3v) is 4.18. The Kier molecular flexibility index (Phi) is 3.93. The van der Waals surface area contributed by atoms with E-state index >= 15 is 0 Å². The minimum Gasteiger partial charge on any atom is -0.497 e. The van der Waals surface area contributed by atoms with Gasteiger partial charge in [0.25, 0.3) is 11.5 Å². The van der Waals surface area contributed by atoms with E-state index in [4.69, 9.17) is 4.74 Å². The van der Waals surface area contributed by atoms with E-state index in [-0.39, 0.29) is 18.0 Å². The van der Waals surface area contributed by atoms with Crippen molar-refractivity contribution in [3.05, 3.63) is 62.6 Å². The Labute approximate surface area is 130 Å². The van der Waals surface area contributed by atoms with Gasteiger partial charge in [-0.25, -0.2) is 0 Å². The predicted octanol–water partition coefficient (Wildman–Crippen LogP) is 2.53. The Morgan fingerprint density at radius 1 is 1.32 bits per heavy atom. The number of pyridine rings is 1. The van der Waals surface area contributed by atoms with Crippen molar-refractivity contribution in [1.29, 1.82) is 0 Å². The lowest BCUT2D eigenvalue weighted by Crippen LogP contribution is -2.26.